The van der Waals surface area contributed by atoms with Crippen LogP contribution in [0.2, 0.25) is 0 Å². The molecule has 8 heteroatoms. The Morgan fingerprint density at radius 2 is 1.88 bits per heavy atom. The van der Waals surface area contributed by atoms with Crippen molar-refractivity contribution in [1.82, 2.24) is 5.32 Å². The van der Waals surface area contributed by atoms with Gasteiger partial charge in [0.15, 0.2) is 5.75 Å². The quantitative estimate of drug-likeness (QED) is 0.829. The van der Waals surface area contributed by atoms with E-state index < -0.39 is 29.8 Å². The molecule has 1 heterocycles. The number of nitrogens with one attached hydrogen (secondary N) is 2. The Morgan fingerprint density at radius 1 is 1.25 bits per heavy atom. The lowest BCUT2D eigenvalue weighted by Crippen LogP contribution is -2.37. The number of hydrogen-bond acceptors (Lipinski definition) is 3. The van der Waals surface area contributed by atoms with E-state index >= 15 is 0 Å². The molecule has 132 valence electrons. The second-order valence-corrected chi connectivity index (χ2v) is 6.73. The van der Waals surface area contributed by atoms with Gasteiger partial charge in [-0.2, -0.15) is 0 Å². The van der Waals surface area contributed by atoms with Gasteiger partial charge in [0.2, 0.25) is 11.8 Å². The highest BCUT2D eigenvalue weighted by molar-refractivity contribution is 6.08. The van der Waals surface area contributed by atoms with Crippen molar-refractivity contribution in [3.05, 3.63) is 24.3 Å². The fraction of sp³-hybridized carbons (Fsp3) is 0.500. The lowest BCUT2D eigenvalue weighted by atomic mass is 9.74. The molecule has 1 aromatic rings. The summed E-state index contributed by atoms with van der Waals surface area (Å²) in [5.41, 5.74) is -0.449. The molecule has 0 bridgehead atoms. The molecule has 2 rings (SSSR count). The number of hydrogen-bond donors (Lipinski definition) is 2. The van der Waals surface area contributed by atoms with E-state index in [0.29, 0.717) is 6.54 Å². The lowest BCUT2D eigenvalue weighted by molar-refractivity contribution is -0.274. The van der Waals surface area contributed by atoms with Crippen LogP contribution in [0.25, 0.3) is 0 Å². The van der Waals surface area contributed by atoms with E-state index in [1.807, 2.05) is 20.8 Å². The molecule has 0 unspecified atom stereocenters. The number of para-hydroxylation sites is 2. The summed E-state index contributed by atoms with van der Waals surface area (Å²) in [5.74, 6) is -2.83. The van der Waals surface area contributed by atoms with Crippen LogP contribution < -0.4 is 15.4 Å². The third kappa shape index (κ3) is 4.18. The van der Waals surface area contributed by atoms with Crippen LogP contribution in [0, 0.1) is 17.3 Å². The van der Waals surface area contributed by atoms with Gasteiger partial charge in [-0.25, -0.2) is 0 Å². The van der Waals surface area contributed by atoms with Gasteiger partial charge < -0.3 is 15.4 Å². The second-order valence-electron chi connectivity index (χ2n) is 6.73. The van der Waals surface area contributed by atoms with E-state index in [2.05, 4.69) is 15.4 Å². The zero-order valence-electron chi connectivity index (χ0n) is 13.5. The van der Waals surface area contributed by atoms with Crippen molar-refractivity contribution in [2.45, 2.75) is 27.1 Å². The minimum Gasteiger partial charge on any atom is -0.404 e. The van der Waals surface area contributed by atoms with E-state index in [4.69, 9.17) is 0 Å². The molecule has 2 amide bonds. The molecule has 1 saturated heterocycles. The highest BCUT2D eigenvalue weighted by Crippen LogP contribution is 2.37. The maximum Gasteiger partial charge on any atom is 0.573 e. The number of ether oxygens (including phenoxy) is 1. The molecule has 0 spiro atoms. The van der Waals surface area contributed by atoms with E-state index in [-0.39, 0.29) is 17.0 Å². The minimum absolute atomic E-state index is 0.132. The molecule has 0 saturated carbocycles. The molecule has 1 aromatic carbocycles. The molecular formula is C16H19F3N2O3. The number of amides is 2. The Hall–Kier alpha value is -2.25. The van der Waals surface area contributed by atoms with Crippen LogP contribution >= 0.6 is 0 Å². The number of carbonyl (C=O) groups is 2. The van der Waals surface area contributed by atoms with Gasteiger partial charge in [0.1, 0.15) is 5.92 Å². The van der Waals surface area contributed by atoms with E-state index in [1.165, 1.54) is 18.2 Å². The number of alkyl halides is 3. The van der Waals surface area contributed by atoms with Gasteiger partial charge in [-0.05, 0) is 17.5 Å². The van der Waals surface area contributed by atoms with Crippen LogP contribution in [-0.4, -0.2) is 24.7 Å². The monoisotopic (exact) mass is 344 g/mol. The Labute approximate surface area is 137 Å². The first kappa shape index (κ1) is 18.1. The summed E-state index contributed by atoms with van der Waals surface area (Å²) in [6, 6.07) is 5.21. The van der Waals surface area contributed by atoms with Crippen molar-refractivity contribution < 1.29 is 27.5 Å². The third-order valence-electron chi connectivity index (χ3n) is 3.95. The standard InChI is InChI=1S/C16H19F3N2O3/c1-15(2,3)9-8-20-13(22)12(9)14(23)21-10-6-4-5-7-11(10)24-16(17,18)19/h4-7,9,12H,8H2,1-3H3,(H,20,22)(H,21,23)/t9-,12+/m1/s1. The minimum atomic E-state index is -4.88. The van der Waals surface area contributed by atoms with Gasteiger partial charge in [-0.3, -0.25) is 9.59 Å². The predicted molar refractivity (Wildman–Crippen MR) is 81.2 cm³/mol. The maximum atomic E-state index is 12.5. The van der Waals surface area contributed by atoms with Gasteiger partial charge in [-0.1, -0.05) is 32.9 Å². The Bertz CT molecular complexity index is 638. The summed E-state index contributed by atoms with van der Waals surface area (Å²) in [6.45, 7) is 6.05. The van der Waals surface area contributed by atoms with Crippen molar-refractivity contribution >= 4 is 17.5 Å². The first-order chi connectivity index (χ1) is 11.0. The molecule has 0 aromatic heterocycles. The van der Waals surface area contributed by atoms with Gasteiger partial charge in [0.25, 0.3) is 0 Å². The van der Waals surface area contributed by atoms with Crippen molar-refractivity contribution in [1.29, 1.82) is 0 Å². The SMILES string of the molecule is CC(C)(C)[C@@H]1CNC(=O)[C@H]1C(=O)Nc1ccccc1OC(F)(F)F. The van der Waals surface area contributed by atoms with Crippen LogP contribution in [0.3, 0.4) is 0 Å². The summed E-state index contributed by atoms with van der Waals surface area (Å²) >= 11 is 0. The van der Waals surface area contributed by atoms with Crippen LogP contribution in [0.4, 0.5) is 18.9 Å². The summed E-state index contributed by atoms with van der Waals surface area (Å²) in [6.07, 6.45) is -4.88. The molecule has 1 aliphatic rings. The van der Waals surface area contributed by atoms with Gasteiger partial charge >= 0.3 is 6.36 Å². The van der Waals surface area contributed by atoms with Crippen molar-refractivity contribution in [3.8, 4) is 5.75 Å². The zero-order chi connectivity index (χ0) is 18.1. The molecular weight excluding hydrogens is 325 g/mol. The fourth-order valence-electron chi connectivity index (χ4n) is 2.72. The van der Waals surface area contributed by atoms with Crippen LogP contribution in [0.5, 0.6) is 5.75 Å². The number of anilines is 1. The topological polar surface area (TPSA) is 67.4 Å². The number of carbonyl (C=O) groups excluding carboxylic acids is 2. The smallest absolute Gasteiger partial charge is 0.404 e. The predicted octanol–water partition coefficient (Wildman–Crippen LogP) is 2.93. The molecule has 2 N–H and O–H groups in total. The number of benzene rings is 1. The summed E-state index contributed by atoms with van der Waals surface area (Å²) in [4.78, 5) is 24.5. The molecule has 5 nitrogen and oxygen atoms in total. The van der Waals surface area contributed by atoms with E-state index in [1.54, 1.807) is 0 Å². The van der Waals surface area contributed by atoms with Crippen molar-refractivity contribution in [2.24, 2.45) is 17.3 Å². The number of halogens is 3. The lowest BCUT2D eigenvalue weighted by Gasteiger charge is -2.29. The van der Waals surface area contributed by atoms with Crippen LogP contribution in [-0.2, 0) is 9.59 Å². The zero-order valence-corrected chi connectivity index (χ0v) is 13.5. The number of rotatable bonds is 3. The van der Waals surface area contributed by atoms with Crippen LogP contribution in [0.15, 0.2) is 24.3 Å². The molecule has 1 aliphatic heterocycles. The Balaban J connectivity index is 2.22. The molecule has 0 aliphatic carbocycles. The summed E-state index contributed by atoms with van der Waals surface area (Å²) < 4.78 is 41.2. The molecule has 0 radical (unpaired) electrons. The van der Waals surface area contributed by atoms with Crippen LogP contribution in [0.1, 0.15) is 20.8 Å². The normalized spacial score (nSPS) is 21.3. The highest BCUT2D eigenvalue weighted by atomic mass is 19.4. The first-order valence-electron chi connectivity index (χ1n) is 7.42. The summed E-state index contributed by atoms with van der Waals surface area (Å²) in [7, 11) is 0. The fourth-order valence-corrected chi connectivity index (χ4v) is 2.72. The largest absolute Gasteiger partial charge is 0.573 e. The second kappa shape index (κ2) is 6.33. The van der Waals surface area contributed by atoms with Gasteiger partial charge in [0.05, 0.1) is 5.69 Å². The van der Waals surface area contributed by atoms with Crippen molar-refractivity contribution in [2.75, 3.05) is 11.9 Å². The third-order valence-corrected chi connectivity index (χ3v) is 3.95. The molecule has 2 atom stereocenters. The molecule has 1 fully saturated rings. The van der Waals surface area contributed by atoms with Gasteiger partial charge in [-0.15, -0.1) is 13.2 Å². The van der Waals surface area contributed by atoms with E-state index in [9.17, 15) is 22.8 Å². The molecule has 24 heavy (non-hydrogen) atoms. The van der Waals surface area contributed by atoms with Gasteiger partial charge in [0, 0.05) is 12.5 Å². The Morgan fingerprint density at radius 3 is 2.46 bits per heavy atom. The highest BCUT2D eigenvalue weighted by Gasteiger charge is 2.46. The van der Waals surface area contributed by atoms with Crippen molar-refractivity contribution in [3.63, 3.8) is 0 Å². The average molecular weight is 344 g/mol. The average Bonchev–Trinajstić information content (AvgIpc) is 2.81. The Kier molecular flexibility index (Phi) is 4.77. The first-order valence-corrected chi connectivity index (χ1v) is 7.42. The summed E-state index contributed by atoms with van der Waals surface area (Å²) in [5, 5.41) is 5.02. The van der Waals surface area contributed by atoms with E-state index in [0.717, 1.165) is 6.07 Å². The maximum absolute atomic E-state index is 12.5.